The molecule has 0 saturated carbocycles. The molecule has 6 aromatic carbocycles. The van der Waals surface area contributed by atoms with Crippen LogP contribution in [0.15, 0.2) is 170 Å². The fraction of sp³-hybridized carbons (Fsp3) is 0. The van der Waals surface area contributed by atoms with Crippen molar-refractivity contribution in [2.45, 2.75) is 0 Å². The minimum absolute atomic E-state index is 1.04. The highest BCUT2D eigenvalue weighted by molar-refractivity contribution is 5.79. The van der Waals surface area contributed by atoms with E-state index < -0.39 is 0 Å². The van der Waals surface area contributed by atoms with Gasteiger partial charge in [-0.2, -0.15) is 0 Å². The highest BCUT2D eigenvalue weighted by Crippen LogP contribution is 2.36. The zero-order valence-electron chi connectivity index (χ0n) is 21.6. The zero-order valence-corrected chi connectivity index (χ0v) is 21.6. The first kappa shape index (κ1) is 24.1. The predicted octanol–water partition coefficient (Wildman–Crippen LogP) is 10.4. The van der Waals surface area contributed by atoms with E-state index in [0.29, 0.717) is 0 Å². The van der Waals surface area contributed by atoms with E-state index in [4.69, 9.17) is 0 Å². The Morgan fingerprint density at radius 2 is 0.487 bits per heavy atom. The van der Waals surface area contributed by atoms with E-state index in [-0.39, 0.29) is 0 Å². The third kappa shape index (κ3) is 5.53. The first-order valence-electron chi connectivity index (χ1n) is 13.1. The predicted molar refractivity (Wildman–Crippen MR) is 166 cm³/mol. The first-order valence-corrected chi connectivity index (χ1v) is 13.1. The van der Waals surface area contributed by atoms with Gasteiger partial charge in [0.1, 0.15) is 0 Å². The Kier molecular flexibility index (Phi) is 7.04. The van der Waals surface area contributed by atoms with Gasteiger partial charge in [-0.05, 0) is 97.1 Å². The van der Waals surface area contributed by atoms with E-state index >= 15 is 0 Å². The number of hydrogen-bond donors (Lipinski definition) is 1. The summed E-state index contributed by atoms with van der Waals surface area (Å²) in [7, 11) is 0. The molecule has 0 aliphatic carbocycles. The molecule has 6 rings (SSSR count). The summed E-state index contributed by atoms with van der Waals surface area (Å²) in [6, 6.07) is 59.0. The van der Waals surface area contributed by atoms with Gasteiger partial charge < -0.3 is 15.1 Å². The molecule has 0 heterocycles. The van der Waals surface area contributed by atoms with E-state index in [1.54, 1.807) is 0 Å². The zero-order chi connectivity index (χ0) is 26.3. The van der Waals surface area contributed by atoms with Gasteiger partial charge in [-0.3, -0.25) is 0 Å². The van der Waals surface area contributed by atoms with Crippen LogP contribution in [0.4, 0.5) is 45.5 Å². The monoisotopic (exact) mass is 503 g/mol. The third-order valence-corrected chi connectivity index (χ3v) is 6.60. The maximum absolute atomic E-state index is 3.56. The molecular formula is C36H29N3. The average Bonchev–Trinajstić information content (AvgIpc) is 3.01. The van der Waals surface area contributed by atoms with Crippen molar-refractivity contribution in [2.24, 2.45) is 0 Å². The lowest BCUT2D eigenvalue weighted by Gasteiger charge is -2.26. The quantitative estimate of drug-likeness (QED) is 0.223. The molecule has 0 aliphatic heterocycles. The van der Waals surface area contributed by atoms with Crippen LogP contribution in [0.25, 0.3) is 0 Å². The number of para-hydroxylation sites is 4. The summed E-state index contributed by atoms with van der Waals surface area (Å²) in [6.07, 6.45) is 0. The van der Waals surface area contributed by atoms with Gasteiger partial charge in [-0.1, -0.05) is 72.8 Å². The number of nitrogens with one attached hydrogen (secondary N) is 1. The van der Waals surface area contributed by atoms with Gasteiger partial charge >= 0.3 is 0 Å². The van der Waals surface area contributed by atoms with Crippen LogP contribution in [0, 0.1) is 0 Å². The SMILES string of the molecule is c1ccc(N(c2ccccc2)c2ccc(Nc3ccc(N(c4ccccc4)c4ccccc4)cc3)cc2)cc1. The maximum atomic E-state index is 3.56. The lowest BCUT2D eigenvalue weighted by Crippen LogP contribution is -2.09. The van der Waals surface area contributed by atoms with Crippen LogP contribution in [0.1, 0.15) is 0 Å². The highest BCUT2D eigenvalue weighted by Gasteiger charge is 2.13. The molecule has 188 valence electrons. The van der Waals surface area contributed by atoms with E-state index in [9.17, 15) is 0 Å². The number of hydrogen-bond acceptors (Lipinski definition) is 3. The minimum atomic E-state index is 1.04. The Hall–Kier alpha value is -5.28. The fourth-order valence-electron chi connectivity index (χ4n) is 4.76. The van der Waals surface area contributed by atoms with Crippen molar-refractivity contribution in [1.29, 1.82) is 0 Å². The topological polar surface area (TPSA) is 18.5 Å². The number of nitrogens with zero attached hydrogens (tertiary/aromatic N) is 2. The molecule has 6 aromatic rings. The highest BCUT2D eigenvalue weighted by atomic mass is 15.1. The molecule has 0 atom stereocenters. The lowest BCUT2D eigenvalue weighted by atomic mass is 10.1. The van der Waals surface area contributed by atoms with Crippen LogP contribution in [0.3, 0.4) is 0 Å². The molecule has 0 aliphatic rings. The summed E-state index contributed by atoms with van der Waals surface area (Å²) < 4.78 is 0. The largest absolute Gasteiger partial charge is 0.356 e. The van der Waals surface area contributed by atoms with Crippen LogP contribution in [0.2, 0.25) is 0 Å². The molecule has 39 heavy (non-hydrogen) atoms. The number of benzene rings is 6. The summed E-state index contributed by atoms with van der Waals surface area (Å²) >= 11 is 0. The molecule has 3 heteroatoms. The Bertz CT molecular complexity index is 1380. The Balaban J connectivity index is 1.24. The maximum Gasteiger partial charge on any atom is 0.0463 e. The molecule has 0 bridgehead atoms. The van der Waals surface area contributed by atoms with Crippen LogP contribution < -0.4 is 15.1 Å². The van der Waals surface area contributed by atoms with Gasteiger partial charge in [0.25, 0.3) is 0 Å². The van der Waals surface area contributed by atoms with Crippen molar-refractivity contribution in [3.8, 4) is 0 Å². The van der Waals surface area contributed by atoms with Crippen molar-refractivity contribution >= 4 is 45.5 Å². The molecule has 0 unspecified atom stereocenters. The smallest absolute Gasteiger partial charge is 0.0463 e. The van der Waals surface area contributed by atoms with E-state index in [0.717, 1.165) is 45.5 Å². The van der Waals surface area contributed by atoms with Crippen LogP contribution in [-0.2, 0) is 0 Å². The lowest BCUT2D eigenvalue weighted by molar-refractivity contribution is 1.28. The van der Waals surface area contributed by atoms with E-state index in [1.807, 2.05) is 24.3 Å². The fourth-order valence-corrected chi connectivity index (χ4v) is 4.76. The molecule has 1 N–H and O–H groups in total. The minimum Gasteiger partial charge on any atom is -0.356 e. The molecule has 0 fully saturated rings. The Morgan fingerprint density at radius 3 is 0.744 bits per heavy atom. The van der Waals surface area contributed by atoms with E-state index in [2.05, 4.69) is 161 Å². The van der Waals surface area contributed by atoms with Crippen molar-refractivity contribution in [3.63, 3.8) is 0 Å². The molecule has 0 radical (unpaired) electrons. The first-order chi connectivity index (χ1) is 19.3. The number of anilines is 8. The molecular weight excluding hydrogens is 474 g/mol. The second-order valence-electron chi connectivity index (χ2n) is 9.23. The van der Waals surface area contributed by atoms with Crippen LogP contribution in [0.5, 0.6) is 0 Å². The van der Waals surface area contributed by atoms with Gasteiger partial charge in [0.2, 0.25) is 0 Å². The standard InChI is InChI=1S/C36H29N3/c1-5-13-31(14-6-1)38(32-15-7-2-8-16-32)35-25-21-29(22-26-35)37-30-23-27-36(28-24-30)39(33-17-9-3-10-18-33)34-19-11-4-12-20-34/h1-28,37H. The van der Waals surface area contributed by atoms with Crippen LogP contribution >= 0.6 is 0 Å². The third-order valence-electron chi connectivity index (χ3n) is 6.60. The number of rotatable bonds is 8. The second kappa shape index (κ2) is 11.4. The Morgan fingerprint density at radius 1 is 0.256 bits per heavy atom. The summed E-state index contributed by atoms with van der Waals surface area (Å²) in [5, 5.41) is 3.56. The molecule has 0 spiro atoms. The summed E-state index contributed by atoms with van der Waals surface area (Å²) in [5.74, 6) is 0. The van der Waals surface area contributed by atoms with Crippen molar-refractivity contribution in [1.82, 2.24) is 0 Å². The second-order valence-corrected chi connectivity index (χ2v) is 9.23. The summed E-state index contributed by atoms with van der Waals surface area (Å²) in [4.78, 5) is 4.53. The molecule has 0 aromatic heterocycles. The molecule has 0 amide bonds. The normalized spacial score (nSPS) is 10.6. The average molecular weight is 504 g/mol. The van der Waals surface area contributed by atoms with Crippen molar-refractivity contribution < 1.29 is 0 Å². The van der Waals surface area contributed by atoms with Gasteiger partial charge in [0.05, 0.1) is 0 Å². The van der Waals surface area contributed by atoms with Gasteiger partial charge in [-0.25, -0.2) is 0 Å². The van der Waals surface area contributed by atoms with Crippen LogP contribution in [-0.4, -0.2) is 0 Å². The van der Waals surface area contributed by atoms with Gasteiger partial charge in [0, 0.05) is 45.5 Å². The molecule has 3 nitrogen and oxygen atoms in total. The van der Waals surface area contributed by atoms with E-state index in [1.165, 1.54) is 0 Å². The van der Waals surface area contributed by atoms with Crippen molar-refractivity contribution in [3.05, 3.63) is 170 Å². The summed E-state index contributed by atoms with van der Waals surface area (Å²) in [6.45, 7) is 0. The summed E-state index contributed by atoms with van der Waals surface area (Å²) in [5.41, 5.74) is 8.79. The van der Waals surface area contributed by atoms with Gasteiger partial charge in [-0.15, -0.1) is 0 Å². The van der Waals surface area contributed by atoms with Crippen molar-refractivity contribution in [2.75, 3.05) is 15.1 Å². The van der Waals surface area contributed by atoms with Gasteiger partial charge in [0.15, 0.2) is 0 Å². The Labute approximate surface area is 230 Å². The molecule has 0 saturated heterocycles.